The van der Waals surface area contributed by atoms with Gasteiger partial charge in [-0.2, -0.15) is 0 Å². The van der Waals surface area contributed by atoms with E-state index in [4.69, 9.17) is 4.74 Å². The van der Waals surface area contributed by atoms with E-state index in [1.165, 1.54) is 4.31 Å². The average molecular weight is 481 g/mol. The molecular weight excluding hydrogens is 456 g/mol. The molecular formula is C21H25BrN2O4S. The summed E-state index contributed by atoms with van der Waals surface area (Å²) in [6.07, 6.45) is 1.02. The van der Waals surface area contributed by atoms with Crippen LogP contribution in [0.15, 0.2) is 53.0 Å². The molecule has 1 aliphatic heterocycles. The van der Waals surface area contributed by atoms with Gasteiger partial charge in [0.15, 0.2) is 0 Å². The van der Waals surface area contributed by atoms with Gasteiger partial charge in [0.25, 0.3) is 0 Å². The number of anilines is 1. The summed E-state index contributed by atoms with van der Waals surface area (Å²) in [6.45, 7) is 3.18. The molecule has 8 heteroatoms. The monoisotopic (exact) mass is 480 g/mol. The zero-order chi connectivity index (χ0) is 20.9. The van der Waals surface area contributed by atoms with Gasteiger partial charge in [0, 0.05) is 35.2 Å². The number of carbonyl (C=O) groups is 1. The minimum absolute atomic E-state index is 0.0342. The van der Waals surface area contributed by atoms with Crippen molar-refractivity contribution in [1.29, 1.82) is 0 Å². The Labute approximate surface area is 180 Å². The fourth-order valence-electron chi connectivity index (χ4n) is 3.40. The number of hydrogen-bond donors (Lipinski definition) is 1. The molecule has 0 radical (unpaired) electrons. The van der Waals surface area contributed by atoms with Gasteiger partial charge in [-0.15, -0.1) is 0 Å². The zero-order valence-electron chi connectivity index (χ0n) is 16.3. The van der Waals surface area contributed by atoms with Gasteiger partial charge in [0.1, 0.15) is 5.75 Å². The first-order valence-electron chi connectivity index (χ1n) is 9.63. The number of carbonyl (C=O) groups excluding carboxylic acids is 1. The Morgan fingerprint density at radius 3 is 2.59 bits per heavy atom. The fraction of sp³-hybridized carbons (Fsp3) is 0.381. The maximum Gasteiger partial charge on any atom is 0.227 e. The van der Waals surface area contributed by atoms with Crippen LogP contribution in [0.25, 0.3) is 0 Å². The molecule has 1 aliphatic rings. The third kappa shape index (κ3) is 6.04. The molecule has 29 heavy (non-hydrogen) atoms. The maximum absolute atomic E-state index is 12.7. The van der Waals surface area contributed by atoms with E-state index in [1.807, 2.05) is 43.3 Å². The first-order valence-corrected chi connectivity index (χ1v) is 12.0. The van der Waals surface area contributed by atoms with Crippen LogP contribution in [0, 0.1) is 5.92 Å². The van der Waals surface area contributed by atoms with Crippen LogP contribution >= 0.6 is 15.9 Å². The Hall–Kier alpha value is -1.90. The summed E-state index contributed by atoms with van der Waals surface area (Å²) in [4.78, 5) is 12.6. The predicted molar refractivity (Wildman–Crippen MR) is 117 cm³/mol. The van der Waals surface area contributed by atoms with Crippen molar-refractivity contribution in [3.05, 3.63) is 58.6 Å². The molecule has 2 aromatic carbocycles. The third-order valence-electron chi connectivity index (χ3n) is 4.87. The summed E-state index contributed by atoms with van der Waals surface area (Å²) in [5.41, 5.74) is 1.43. The lowest BCUT2D eigenvalue weighted by Gasteiger charge is -2.30. The molecule has 156 valence electrons. The second-order valence-electron chi connectivity index (χ2n) is 7.01. The fourth-order valence-corrected chi connectivity index (χ4v) is 5.40. The van der Waals surface area contributed by atoms with Crippen LogP contribution in [0.5, 0.6) is 5.75 Å². The van der Waals surface area contributed by atoms with E-state index in [9.17, 15) is 13.2 Å². The Bertz CT molecular complexity index is 957. The highest BCUT2D eigenvalue weighted by Gasteiger charge is 2.31. The lowest BCUT2D eigenvalue weighted by Crippen LogP contribution is -2.41. The van der Waals surface area contributed by atoms with E-state index in [2.05, 4.69) is 21.2 Å². The average Bonchev–Trinajstić information content (AvgIpc) is 2.68. The topological polar surface area (TPSA) is 75.7 Å². The van der Waals surface area contributed by atoms with Gasteiger partial charge in [0.2, 0.25) is 15.9 Å². The molecule has 0 aliphatic carbocycles. The number of nitrogens with zero attached hydrogens (tertiary/aromatic N) is 1. The molecule has 1 N–H and O–H groups in total. The van der Waals surface area contributed by atoms with Crippen molar-refractivity contribution in [3.8, 4) is 5.75 Å². The van der Waals surface area contributed by atoms with Crippen molar-refractivity contribution in [2.45, 2.75) is 25.5 Å². The van der Waals surface area contributed by atoms with Crippen LogP contribution < -0.4 is 10.1 Å². The molecule has 1 heterocycles. The van der Waals surface area contributed by atoms with Crippen LogP contribution in [-0.2, 0) is 20.6 Å². The summed E-state index contributed by atoms with van der Waals surface area (Å²) < 4.78 is 33.3. The molecule has 1 fully saturated rings. The van der Waals surface area contributed by atoms with Gasteiger partial charge in [-0.05, 0) is 49.6 Å². The van der Waals surface area contributed by atoms with Crippen molar-refractivity contribution < 1.29 is 17.9 Å². The summed E-state index contributed by atoms with van der Waals surface area (Å²) in [6, 6.07) is 14.6. The molecule has 0 aromatic heterocycles. The lowest BCUT2D eigenvalue weighted by molar-refractivity contribution is -0.120. The molecule has 1 amide bonds. The van der Waals surface area contributed by atoms with Gasteiger partial charge in [-0.1, -0.05) is 34.1 Å². The Morgan fingerprint density at radius 1 is 1.17 bits per heavy atom. The lowest BCUT2D eigenvalue weighted by atomic mass is 9.97. The Kier molecular flexibility index (Phi) is 7.32. The Morgan fingerprint density at radius 2 is 1.90 bits per heavy atom. The number of nitrogens with one attached hydrogen (secondary N) is 1. The standard InChI is InChI=1S/C21H25BrN2O4S/c1-2-28-20-8-4-7-19(14-20)23-21(25)17-9-11-24(12-10-17)29(26,27)15-16-5-3-6-18(22)13-16/h3-8,13-14,17H,2,9-12,15H2,1H3,(H,23,25). The second-order valence-corrected chi connectivity index (χ2v) is 9.89. The number of rotatable bonds is 7. The van der Waals surface area contributed by atoms with Crippen LogP contribution in [0.4, 0.5) is 5.69 Å². The van der Waals surface area contributed by atoms with Crippen LogP contribution in [0.3, 0.4) is 0 Å². The maximum atomic E-state index is 12.7. The van der Waals surface area contributed by atoms with E-state index < -0.39 is 10.0 Å². The predicted octanol–water partition coefficient (Wildman–Crippen LogP) is 4.03. The molecule has 0 saturated carbocycles. The number of amides is 1. The minimum atomic E-state index is -3.41. The van der Waals surface area contributed by atoms with E-state index in [0.717, 1.165) is 10.0 Å². The zero-order valence-corrected chi connectivity index (χ0v) is 18.7. The third-order valence-corrected chi connectivity index (χ3v) is 7.21. The highest BCUT2D eigenvalue weighted by atomic mass is 79.9. The molecule has 0 bridgehead atoms. The SMILES string of the molecule is CCOc1cccc(NC(=O)C2CCN(S(=O)(=O)Cc3cccc(Br)c3)CC2)c1. The Balaban J connectivity index is 1.55. The summed E-state index contributed by atoms with van der Waals surface area (Å²) in [7, 11) is -3.41. The quantitative estimate of drug-likeness (QED) is 0.648. The van der Waals surface area contributed by atoms with Crippen molar-refractivity contribution >= 4 is 37.5 Å². The minimum Gasteiger partial charge on any atom is -0.494 e. The number of ether oxygens (including phenoxy) is 1. The van der Waals surface area contributed by atoms with Crippen LogP contribution in [0.1, 0.15) is 25.3 Å². The van der Waals surface area contributed by atoms with Crippen LogP contribution in [0.2, 0.25) is 0 Å². The number of benzene rings is 2. The molecule has 1 saturated heterocycles. The van der Waals surface area contributed by atoms with Gasteiger partial charge in [0.05, 0.1) is 12.4 Å². The van der Waals surface area contributed by atoms with Crippen LogP contribution in [-0.4, -0.2) is 38.3 Å². The molecule has 2 aromatic rings. The van der Waals surface area contributed by atoms with Crippen molar-refractivity contribution in [1.82, 2.24) is 4.31 Å². The highest BCUT2D eigenvalue weighted by Crippen LogP contribution is 2.25. The molecule has 0 unspecified atom stereocenters. The largest absolute Gasteiger partial charge is 0.494 e. The summed E-state index contributed by atoms with van der Waals surface area (Å²) >= 11 is 3.37. The summed E-state index contributed by atoms with van der Waals surface area (Å²) in [5.74, 6) is 0.387. The van der Waals surface area contributed by atoms with E-state index in [0.29, 0.717) is 44.0 Å². The van der Waals surface area contributed by atoms with Crippen molar-refractivity contribution in [2.75, 3.05) is 25.0 Å². The van der Waals surface area contributed by atoms with Gasteiger partial charge in [-0.3, -0.25) is 4.79 Å². The van der Waals surface area contributed by atoms with Crippen molar-refractivity contribution in [3.63, 3.8) is 0 Å². The number of sulfonamides is 1. The molecule has 6 nitrogen and oxygen atoms in total. The van der Waals surface area contributed by atoms with Gasteiger partial charge >= 0.3 is 0 Å². The second kappa shape index (κ2) is 9.73. The molecule has 0 atom stereocenters. The highest BCUT2D eigenvalue weighted by molar-refractivity contribution is 9.10. The first kappa shape index (κ1) is 21.8. The molecule has 0 spiro atoms. The van der Waals surface area contributed by atoms with Gasteiger partial charge < -0.3 is 10.1 Å². The summed E-state index contributed by atoms with van der Waals surface area (Å²) in [5, 5.41) is 2.92. The smallest absolute Gasteiger partial charge is 0.227 e. The van der Waals surface area contributed by atoms with E-state index in [1.54, 1.807) is 12.1 Å². The molecule has 3 rings (SSSR count). The van der Waals surface area contributed by atoms with E-state index >= 15 is 0 Å². The van der Waals surface area contributed by atoms with Gasteiger partial charge in [-0.25, -0.2) is 12.7 Å². The number of halogens is 1. The van der Waals surface area contributed by atoms with Crippen molar-refractivity contribution in [2.24, 2.45) is 5.92 Å². The number of piperidine rings is 1. The van der Waals surface area contributed by atoms with E-state index in [-0.39, 0.29) is 17.6 Å². The number of hydrogen-bond acceptors (Lipinski definition) is 4. The first-order chi connectivity index (χ1) is 13.9. The normalized spacial score (nSPS) is 15.8.